The Hall–Kier alpha value is -4.46. The van der Waals surface area contributed by atoms with Crippen LogP contribution in [-0.2, 0) is 5.41 Å². The lowest BCUT2D eigenvalue weighted by Crippen LogP contribution is -2.28. The van der Waals surface area contributed by atoms with Crippen molar-refractivity contribution >= 4 is 31.5 Å². The van der Waals surface area contributed by atoms with E-state index in [0.29, 0.717) is 0 Å². The molecule has 8 rings (SSSR count). The van der Waals surface area contributed by atoms with E-state index in [-0.39, 0.29) is 5.41 Å². The zero-order chi connectivity index (χ0) is 26.0. The van der Waals surface area contributed by atoms with Gasteiger partial charge in [0.05, 0.1) is 5.41 Å². The standard InChI is InChI=1S/C38H26S/c1-25-10-8-11-28(24-25)38(34-17-5-2-12-30(34)31-13-3-6-18-35(31)38)27-22-20-26(21-23-27)29-15-9-16-33-32-14-4-7-19-36(32)39-37(29)33/h2-24H,1H3. The Balaban J connectivity index is 1.37. The molecule has 0 bridgehead atoms. The predicted octanol–water partition coefficient (Wildman–Crippen LogP) is 10.4. The number of hydrogen-bond donors (Lipinski definition) is 0. The van der Waals surface area contributed by atoms with E-state index < -0.39 is 0 Å². The van der Waals surface area contributed by atoms with Crippen molar-refractivity contribution < 1.29 is 0 Å². The molecule has 6 aromatic carbocycles. The third-order valence-corrected chi connectivity index (χ3v) is 9.66. The van der Waals surface area contributed by atoms with Gasteiger partial charge in [-0.15, -0.1) is 11.3 Å². The number of fused-ring (bicyclic) bond motifs is 6. The molecule has 184 valence electrons. The highest BCUT2D eigenvalue weighted by Gasteiger charge is 2.45. The van der Waals surface area contributed by atoms with Crippen LogP contribution in [0.3, 0.4) is 0 Å². The maximum absolute atomic E-state index is 2.37. The van der Waals surface area contributed by atoms with E-state index in [1.165, 1.54) is 70.2 Å². The van der Waals surface area contributed by atoms with Crippen LogP contribution in [-0.4, -0.2) is 0 Å². The number of benzene rings is 6. The van der Waals surface area contributed by atoms with E-state index in [0.717, 1.165) is 0 Å². The molecule has 0 unspecified atom stereocenters. The number of hydrogen-bond acceptors (Lipinski definition) is 1. The average Bonchev–Trinajstić information content (AvgIpc) is 3.52. The molecular weight excluding hydrogens is 488 g/mol. The van der Waals surface area contributed by atoms with E-state index in [1.54, 1.807) is 0 Å². The maximum atomic E-state index is 2.37. The normalized spacial score (nSPS) is 13.5. The van der Waals surface area contributed by atoms with Gasteiger partial charge in [-0.3, -0.25) is 0 Å². The van der Waals surface area contributed by atoms with Crippen molar-refractivity contribution in [2.45, 2.75) is 12.3 Å². The lowest BCUT2D eigenvalue weighted by molar-refractivity contribution is 0.767. The minimum atomic E-state index is -0.360. The largest absolute Gasteiger partial charge is 0.135 e. The van der Waals surface area contributed by atoms with Crippen molar-refractivity contribution in [3.05, 3.63) is 167 Å². The fourth-order valence-electron chi connectivity index (χ4n) is 6.78. The average molecular weight is 515 g/mol. The Bertz CT molecular complexity index is 1980. The quantitative estimate of drug-likeness (QED) is 0.220. The van der Waals surface area contributed by atoms with Gasteiger partial charge in [-0.1, -0.05) is 139 Å². The number of thiophene rings is 1. The van der Waals surface area contributed by atoms with Crippen LogP contribution in [0, 0.1) is 6.92 Å². The molecule has 0 saturated carbocycles. The van der Waals surface area contributed by atoms with Gasteiger partial charge < -0.3 is 0 Å². The summed E-state index contributed by atoms with van der Waals surface area (Å²) >= 11 is 1.89. The molecule has 1 aliphatic carbocycles. The third-order valence-electron chi connectivity index (χ3n) is 8.44. The highest BCUT2D eigenvalue weighted by molar-refractivity contribution is 7.26. The van der Waals surface area contributed by atoms with E-state index in [4.69, 9.17) is 0 Å². The Morgan fingerprint density at radius 1 is 0.487 bits per heavy atom. The van der Waals surface area contributed by atoms with Crippen LogP contribution in [0.4, 0.5) is 0 Å². The molecule has 7 aromatic rings. The summed E-state index contributed by atoms with van der Waals surface area (Å²) in [5, 5.41) is 2.68. The molecule has 0 amide bonds. The molecule has 39 heavy (non-hydrogen) atoms. The zero-order valence-corrected chi connectivity index (χ0v) is 22.5. The topological polar surface area (TPSA) is 0 Å². The van der Waals surface area contributed by atoms with Gasteiger partial charge in [0.15, 0.2) is 0 Å². The van der Waals surface area contributed by atoms with Gasteiger partial charge in [-0.05, 0) is 57.5 Å². The summed E-state index contributed by atoms with van der Waals surface area (Å²) in [4.78, 5) is 0. The van der Waals surface area contributed by atoms with Crippen molar-refractivity contribution in [2.75, 3.05) is 0 Å². The number of rotatable bonds is 3. The lowest BCUT2D eigenvalue weighted by atomic mass is 9.67. The van der Waals surface area contributed by atoms with Crippen molar-refractivity contribution in [2.24, 2.45) is 0 Å². The highest BCUT2D eigenvalue weighted by Crippen LogP contribution is 2.56. The molecule has 0 saturated heterocycles. The van der Waals surface area contributed by atoms with Crippen LogP contribution in [0.5, 0.6) is 0 Å². The van der Waals surface area contributed by atoms with Crippen molar-refractivity contribution in [1.82, 2.24) is 0 Å². The molecule has 0 N–H and O–H groups in total. The fourth-order valence-corrected chi connectivity index (χ4v) is 8.01. The Labute approximate surface area is 232 Å². The summed E-state index contributed by atoms with van der Waals surface area (Å²) < 4.78 is 2.70. The van der Waals surface area contributed by atoms with E-state index >= 15 is 0 Å². The molecule has 1 aliphatic rings. The molecule has 1 heterocycles. The van der Waals surface area contributed by atoms with E-state index in [1.807, 2.05) is 11.3 Å². The van der Waals surface area contributed by atoms with Gasteiger partial charge >= 0.3 is 0 Å². The second-order valence-electron chi connectivity index (χ2n) is 10.6. The number of aryl methyl sites for hydroxylation is 1. The van der Waals surface area contributed by atoms with Gasteiger partial charge in [-0.25, -0.2) is 0 Å². The first-order chi connectivity index (χ1) is 19.2. The van der Waals surface area contributed by atoms with E-state index in [9.17, 15) is 0 Å². The van der Waals surface area contributed by atoms with Crippen LogP contribution in [0.2, 0.25) is 0 Å². The summed E-state index contributed by atoms with van der Waals surface area (Å²) in [6, 6.07) is 51.8. The van der Waals surface area contributed by atoms with Crippen LogP contribution in [0.25, 0.3) is 42.4 Å². The van der Waals surface area contributed by atoms with Crippen LogP contribution in [0.1, 0.15) is 27.8 Å². The zero-order valence-electron chi connectivity index (χ0n) is 21.7. The molecule has 0 atom stereocenters. The van der Waals surface area contributed by atoms with Crippen LogP contribution >= 0.6 is 11.3 Å². The fraction of sp³-hybridized carbons (Fsp3) is 0.0526. The molecule has 1 aromatic heterocycles. The van der Waals surface area contributed by atoms with Gasteiger partial charge in [0.25, 0.3) is 0 Å². The Kier molecular flexibility index (Phi) is 4.92. The SMILES string of the molecule is Cc1cccc(C2(c3ccc(-c4cccc5c4sc4ccccc45)cc3)c3ccccc3-c3ccccc32)c1. The van der Waals surface area contributed by atoms with Gasteiger partial charge in [0.1, 0.15) is 0 Å². The minimum absolute atomic E-state index is 0.360. The van der Waals surface area contributed by atoms with E-state index in [2.05, 4.69) is 146 Å². The van der Waals surface area contributed by atoms with Crippen molar-refractivity contribution in [3.8, 4) is 22.3 Å². The highest BCUT2D eigenvalue weighted by atomic mass is 32.1. The summed E-state index contributed by atoms with van der Waals surface area (Å²) in [6.07, 6.45) is 0. The molecule has 0 nitrogen and oxygen atoms in total. The summed E-state index contributed by atoms with van der Waals surface area (Å²) in [5.74, 6) is 0. The monoisotopic (exact) mass is 514 g/mol. The maximum Gasteiger partial charge on any atom is 0.0713 e. The third kappa shape index (κ3) is 3.17. The van der Waals surface area contributed by atoms with Gasteiger partial charge in [0, 0.05) is 20.2 Å². The molecule has 0 aliphatic heterocycles. The van der Waals surface area contributed by atoms with Crippen LogP contribution < -0.4 is 0 Å². The molecular formula is C38H26S. The smallest absolute Gasteiger partial charge is 0.0713 e. The molecule has 1 heteroatoms. The molecule has 0 radical (unpaired) electrons. The van der Waals surface area contributed by atoms with Crippen molar-refractivity contribution in [3.63, 3.8) is 0 Å². The first-order valence-electron chi connectivity index (χ1n) is 13.5. The Morgan fingerprint density at radius 3 is 1.85 bits per heavy atom. The first kappa shape index (κ1) is 22.5. The summed E-state index contributed by atoms with van der Waals surface area (Å²) in [6.45, 7) is 2.19. The second-order valence-corrected chi connectivity index (χ2v) is 11.6. The van der Waals surface area contributed by atoms with Crippen molar-refractivity contribution in [1.29, 1.82) is 0 Å². The Morgan fingerprint density at radius 2 is 1.10 bits per heavy atom. The van der Waals surface area contributed by atoms with Gasteiger partial charge in [-0.2, -0.15) is 0 Å². The van der Waals surface area contributed by atoms with Gasteiger partial charge in [0.2, 0.25) is 0 Å². The van der Waals surface area contributed by atoms with Crippen LogP contribution in [0.15, 0.2) is 140 Å². The summed E-state index contributed by atoms with van der Waals surface area (Å²) in [5.41, 5.74) is 11.5. The molecule has 0 fully saturated rings. The predicted molar refractivity (Wildman–Crippen MR) is 167 cm³/mol. The first-order valence-corrected chi connectivity index (χ1v) is 14.3. The minimum Gasteiger partial charge on any atom is -0.135 e. The second kappa shape index (κ2) is 8.53. The molecule has 0 spiro atoms. The lowest BCUT2D eigenvalue weighted by Gasteiger charge is -2.34. The summed E-state index contributed by atoms with van der Waals surface area (Å²) in [7, 11) is 0.